The van der Waals surface area contributed by atoms with E-state index in [2.05, 4.69) is 10.3 Å². The van der Waals surface area contributed by atoms with Crippen LogP contribution in [-0.4, -0.2) is 28.2 Å². The van der Waals surface area contributed by atoms with Crippen molar-refractivity contribution in [2.45, 2.75) is 19.1 Å². The maximum atomic E-state index is 11.6. The Morgan fingerprint density at radius 1 is 1.33 bits per heavy atom. The van der Waals surface area contributed by atoms with Gasteiger partial charge in [0.25, 0.3) is 0 Å². The largest absolute Gasteiger partial charge is 0.480 e. The molecule has 1 amide bonds. The Bertz CT molecular complexity index is 586. The molecular formula is C14H14N2O4S. The van der Waals surface area contributed by atoms with Crippen LogP contribution < -0.4 is 5.32 Å². The third kappa shape index (κ3) is 4.88. The number of benzene rings is 1. The number of aliphatic carboxylic acids is 1. The molecule has 1 atom stereocenters. The average Bonchev–Trinajstić information content (AvgIpc) is 2.98. The first-order valence-corrected chi connectivity index (χ1v) is 7.11. The summed E-state index contributed by atoms with van der Waals surface area (Å²) in [6.45, 7) is 0.0935. The number of nitrogens with one attached hydrogen (secondary N) is 1. The van der Waals surface area contributed by atoms with Gasteiger partial charge in [0.15, 0.2) is 0 Å². The van der Waals surface area contributed by atoms with Crippen molar-refractivity contribution in [2.24, 2.45) is 0 Å². The summed E-state index contributed by atoms with van der Waals surface area (Å²) in [7, 11) is 0. The van der Waals surface area contributed by atoms with Gasteiger partial charge in [0.1, 0.15) is 12.6 Å². The van der Waals surface area contributed by atoms with Gasteiger partial charge in [-0.05, 0) is 5.56 Å². The van der Waals surface area contributed by atoms with Gasteiger partial charge < -0.3 is 15.2 Å². The van der Waals surface area contributed by atoms with Crippen LogP contribution in [0.2, 0.25) is 0 Å². The second kappa shape index (κ2) is 7.39. The van der Waals surface area contributed by atoms with Crippen molar-refractivity contribution in [1.82, 2.24) is 10.3 Å². The lowest BCUT2D eigenvalue weighted by atomic mass is 10.2. The first-order chi connectivity index (χ1) is 10.1. The standard InChI is InChI=1S/C14H14N2O4S/c17-13(18)11(8-12-15-6-7-21-12)16-14(19)20-9-10-4-2-1-3-5-10/h1-7,11H,8-9H2,(H,16,19)(H,17,18). The normalized spacial score (nSPS) is 11.6. The lowest BCUT2D eigenvalue weighted by molar-refractivity contribution is -0.139. The van der Waals surface area contributed by atoms with Gasteiger partial charge in [0.2, 0.25) is 0 Å². The van der Waals surface area contributed by atoms with Crippen LogP contribution in [0.4, 0.5) is 4.79 Å². The maximum Gasteiger partial charge on any atom is 0.408 e. The highest BCUT2D eigenvalue weighted by Gasteiger charge is 2.22. The molecule has 7 heteroatoms. The average molecular weight is 306 g/mol. The van der Waals surface area contributed by atoms with Gasteiger partial charge in [-0.25, -0.2) is 14.6 Å². The van der Waals surface area contributed by atoms with E-state index < -0.39 is 18.1 Å². The van der Waals surface area contributed by atoms with E-state index in [0.717, 1.165) is 5.56 Å². The Hall–Kier alpha value is -2.41. The highest BCUT2D eigenvalue weighted by Crippen LogP contribution is 2.08. The molecule has 0 aliphatic heterocycles. The zero-order valence-corrected chi connectivity index (χ0v) is 11.9. The van der Waals surface area contributed by atoms with Gasteiger partial charge in [-0.3, -0.25) is 0 Å². The van der Waals surface area contributed by atoms with Crippen molar-refractivity contribution in [3.63, 3.8) is 0 Å². The first-order valence-electron chi connectivity index (χ1n) is 6.23. The molecule has 110 valence electrons. The van der Waals surface area contributed by atoms with E-state index in [0.29, 0.717) is 5.01 Å². The van der Waals surface area contributed by atoms with Crippen molar-refractivity contribution in [1.29, 1.82) is 0 Å². The lowest BCUT2D eigenvalue weighted by Gasteiger charge is -2.13. The number of rotatable bonds is 6. The van der Waals surface area contributed by atoms with E-state index in [1.807, 2.05) is 30.3 Å². The monoisotopic (exact) mass is 306 g/mol. The number of ether oxygens (including phenoxy) is 1. The molecule has 0 fully saturated rings. The zero-order valence-electron chi connectivity index (χ0n) is 11.1. The highest BCUT2D eigenvalue weighted by atomic mass is 32.1. The van der Waals surface area contributed by atoms with Crippen molar-refractivity contribution in [3.8, 4) is 0 Å². The number of carbonyl (C=O) groups excluding carboxylic acids is 1. The minimum Gasteiger partial charge on any atom is -0.480 e. The summed E-state index contributed by atoms with van der Waals surface area (Å²) in [6, 6.07) is 8.10. The number of thiazole rings is 1. The molecule has 0 radical (unpaired) electrons. The fourth-order valence-electron chi connectivity index (χ4n) is 1.64. The summed E-state index contributed by atoms with van der Waals surface area (Å²) in [5.41, 5.74) is 0.833. The molecule has 1 aromatic heterocycles. The van der Waals surface area contributed by atoms with Crippen LogP contribution in [-0.2, 0) is 22.6 Å². The van der Waals surface area contributed by atoms with Crippen molar-refractivity contribution >= 4 is 23.4 Å². The SMILES string of the molecule is O=C(NC(Cc1nccs1)C(=O)O)OCc1ccccc1. The molecule has 0 aliphatic rings. The van der Waals surface area contributed by atoms with Crippen LogP contribution in [0.1, 0.15) is 10.6 Å². The zero-order chi connectivity index (χ0) is 15.1. The Labute approximate surface area is 125 Å². The van der Waals surface area contributed by atoms with Crippen LogP contribution >= 0.6 is 11.3 Å². The summed E-state index contributed by atoms with van der Waals surface area (Å²) in [6.07, 6.45) is 0.961. The van der Waals surface area contributed by atoms with E-state index in [9.17, 15) is 9.59 Å². The molecule has 2 aromatic rings. The molecule has 1 unspecified atom stereocenters. The molecule has 2 rings (SSSR count). The van der Waals surface area contributed by atoms with Gasteiger partial charge in [-0.15, -0.1) is 11.3 Å². The Balaban J connectivity index is 1.85. The maximum absolute atomic E-state index is 11.6. The molecule has 0 aliphatic carbocycles. The summed E-state index contributed by atoms with van der Waals surface area (Å²) >= 11 is 1.34. The lowest BCUT2D eigenvalue weighted by Crippen LogP contribution is -2.42. The van der Waals surface area contributed by atoms with E-state index in [1.165, 1.54) is 11.3 Å². The summed E-state index contributed by atoms with van der Waals surface area (Å²) in [5, 5.41) is 13.8. The molecule has 2 N–H and O–H groups in total. The Morgan fingerprint density at radius 2 is 2.10 bits per heavy atom. The van der Waals surface area contributed by atoms with Crippen LogP contribution in [0.3, 0.4) is 0 Å². The van der Waals surface area contributed by atoms with E-state index in [1.54, 1.807) is 11.6 Å². The molecule has 21 heavy (non-hydrogen) atoms. The quantitative estimate of drug-likeness (QED) is 0.853. The minimum absolute atomic E-state index is 0.0935. The second-order valence-corrected chi connectivity index (χ2v) is 5.21. The van der Waals surface area contributed by atoms with Crippen molar-refractivity contribution < 1.29 is 19.4 Å². The first kappa shape index (κ1) is 15.0. The molecule has 0 bridgehead atoms. The van der Waals surface area contributed by atoms with Crippen molar-refractivity contribution in [3.05, 3.63) is 52.5 Å². The number of carboxylic acids is 1. The Morgan fingerprint density at radius 3 is 2.71 bits per heavy atom. The summed E-state index contributed by atoms with van der Waals surface area (Å²) in [4.78, 5) is 26.8. The molecule has 1 aromatic carbocycles. The van der Waals surface area contributed by atoms with E-state index in [-0.39, 0.29) is 13.0 Å². The number of nitrogens with zero attached hydrogens (tertiary/aromatic N) is 1. The van der Waals surface area contributed by atoms with E-state index in [4.69, 9.17) is 9.84 Å². The van der Waals surface area contributed by atoms with Crippen molar-refractivity contribution in [2.75, 3.05) is 0 Å². The number of hydrogen-bond acceptors (Lipinski definition) is 5. The van der Waals surface area contributed by atoms with Crippen LogP contribution in [0.25, 0.3) is 0 Å². The molecule has 0 spiro atoms. The molecular weight excluding hydrogens is 292 g/mol. The second-order valence-electron chi connectivity index (χ2n) is 4.23. The predicted octanol–water partition coefficient (Wildman–Crippen LogP) is 2.07. The van der Waals surface area contributed by atoms with Gasteiger partial charge >= 0.3 is 12.1 Å². The summed E-state index contributed by atoms with van der Waals surface area (Å²) < 4.78 is 5.00. The number of carboxylic acid groups (broad SMARTS) is 1. The number of hydrogen-bond donors (Lipinski definition) is 2. The van der Waals surface area contributed by atoms with Crippen LogP contribution in [0.5, 0.6) is 0 Å². The number of aromatic nitrogens is 1. The van der Waals surface area contributed by atoms with Gasteiger partial charge in [0.05, 0.1) is 5.01 Å². The van der Waals surface area contributed by atoms with Crippen LogP contribution in [0, 0.1) is 0 Å². The third-order valence-electron chi connectivity index (χ3n) is 2.67. The smallest absolute Gasteiger partial charge is 0.408 e. The third-order valence-corrected chi connectivity index (χ3v) is 3.47. The molecule has 1 heterocycles. The molecule has 0 saturated heterocycles. The van der Waals surface area contributed by atoms with Gasteiger partial charge in [-0.1, -0.05) is 30.3 Å². The fourth-order valence-corrected chi connectivity index (χ4v) is 2.30. The van der Waals surface area contributed by atoms with Crippen LogP contribution in [0.15, 0.2) is 41.9 Å². The van der Waals surface area contributed by atoms with Gasteiger partial charge in [-0.2, -0.15) is 0 Å². The minimum atomic E-state index is -1.12. The highest BCUT2D eigenvalue weighted by molar-refractivity contribution is 7.09. The Kier molecular flexibility index (Phi) is 5.28. The molecule has 0 saturated carbocycles. The predicted molar refractivity (Wildman–Crippen MR) is 77.0 cm³/mol. The summed E-state index contributed by atoms with van der Waals surface area (Å²) in [5.74, 6) is -1.12. The van der Waals surface area contributed by atoms with Gasteiger partial charge in [0, 0.05) is 18.0 Å². The molecule has 6 nitrogen and oxygen atoms in total. The fraction of sp³-hybridized carbons (Fsp3) is 0.214. The van der Waals surface area contributed by atoms with E-state index >= 15 is 0 Å². The number of amides is 1. The number of carbonyl (C=O) groups is 2. The topological polar surface area (TPSA) is 88.5 Å². The number of alkyl carbamates (subject to hydrolysis) is 1.